The van der Waals surface area contributed by atoms with Gasteiger partial charge in [0.05, 0.1) is 20.0 Å². The lowest BCUT2D eigenvalue weighted by Crippen LogP contribution is -2.32. The first-order valence-corrected chi connectivity index (χ1v) is 8.08. The number of thiophene rings is 1. The highest BCUT2D eigenvalue weighted by Gasteiger charge is 2.15. The molecule has 8 heteroatoms. The Labute approximate surface area is 142 Å². The van der Waals surface area contributed by atoms with Crippen LogP contribution < -0.4 is 10.7 Å². The van der Waals surface area contributed by atoms with Gasteiger partial charge in [-0.05, 0) is 34.1 Å². The number of carbonyl (C=O) groups is 2. The van der Waals surface area contributed by atoms with Crippen LogP contribution in [-0.4, -0.2) is 21.5 Å². The number of ketones is 1. The summed E-state index contributed by atoms with van der Waals surface area (Å²) in [5.41, 5.74) is -0.880. The van der Waals surface area contributed by atoms with Crippen molar-refractivity contribution in [1.29, 1.82) is 0 Å². The summed E-state index contributed by atoms with van der Waals surface area (Å²) in [5, 5.41) is 15.4. The third-order valence-electron chi connectivity index (χ3n) is 3.20. The molecular weight excluding hydrogens is 384 g/mol. The van der Waals surface area contributed by atoms with Gasteiger partial charge in [-0.2, -0.15) is 5.10 Å². The molecule has 0 amide bonds. The van der Waals surface area contributed by atoms with Crippen molar-refractivity contribution < 1.29 is 14.7 Å². The summed E-state index contributed by atoms with van der Waals surface area (Å²) < 4.78 is 1.65. The van der Waals surface area contributed by atoms with E-state index in [1.807, 2.05) is 0 Å². The Bertz CT molecular complexity index is 993. The van der Waals surface area contributed by atoms with Crippen LogP contribution in [0.25, 0.3) is 10.8 Å². The summed E-state index contributed by atoms with van der Waals surface area (Å²) in [6.07, 6.45) is 0. The van der Waals surface area contributed by atoms with Crippen molar-refractivity contribution in [1.82, 2.24) is 9.78 Å². The molecule has 0 aliphatic heterocycles. The highest BCUT2D eigenvalue weighted by molar-refractivity contribution is 9.11. The van der Waals surface area contributed by atoms with E-state index in [1.54, 1.807) is 24.3 Å². The molecule has 0 unspecified atom stereocenters. The van der Waals surface area contributed by atoms with E-state index in [0.717, 1.165) is 8.47 Å². The van der Waals surface area contributed by atoms with Crippen LogP contribution in [0.4, 0.5) is 0 Å². The largest absolute Gasteiger partial charge is 0.543 e. The van der Waals surface area contributed by atoms with Crippen molar-refractivity contribution >= 4 is 49.8 Å². The monoisotopic (exact) mass is 391 g/mol. The molecule has 0 atom stereocenters. The summed E-state index contributed by atoms with van der Waals surface area (Å²) in [6, 6.07) is 9.55. The predicted octanol–water partition coefficient (Wildman–Crippen LogP) is 1.47. The number of hydrogen-bond donors (Lipinski definition) is 0. The number of nitrogens with zero attached hydrogens (tertiary/aromatic N) is 2. The minimum Gasteiger partial charge on any atom is -0.543 e. The minimum absolute atomic E-state index is 0.182. The molecule has 0 saturated heterocycles. The van der Waals surface area contributed by atoms with Gasteiger partial charge in [0.1, 0.15) is 12.2 Å². The number of hydrogen-bond acceptors (Lipinski definition) is 6. The Hall–Kier alpha value is -2.32. The quantitative estimate of drug-likeness (QED) is 0.627. The van der Waals surface area contributed by atoms with Crippen LogP contribution >= 0.6 is 27.3 Å². The van der Waals surface area contributed by atoms with Gasteiger partial charge in [-0.1, -0.05) is 18.2 Å². The van der Waals surface area contributed by atoms with Gasteiger partial charge in [0.15, 0.2) is 5.78 Å². The van der Waals surface area contributed by atoms with Crippen LogP contribution in [0, 0.1) is 0 Å². The van der Waals surface area contributed by atoms with E-state index in [9.17, 15) is 19.5 Å². The van der Waals surface area contributed by atoms with Crippen molar-refractivity contribution in [3.8, 4) is 0 Å². The van der Waals surface area contributed by atoms with E-state index in [-0.39, 0.29) is 28.8 Å². The summed E-state index contributed by atoms with van der Waals surface area (Å²) in [4.78, 5) is 36.3. The normalized spacial score (nSPS) is 10.8. The molecule has 0 saturated carbocycles. The number of carboxylic acid groups (broad SMARTS) is 1. The van der Waals surface area contributed by atoms with Gasteiger partial charge in [-0.15, -0.1) is 11.3 Å². The lowest BCUT2D eigenvalue weighted by Gasteiger charge is -2.10. The molecule has 1 aromatic carbocycles. The minimum atomic E-state index is -1.50. The lowest BCUT2D eigenvalue weighted by atomic mass is 10.1. The van der Waals surface area contributed by atoms with Crippen LogP contribution in [0.3, 0.4) is 0 Å². The summed E-state index contributed by atoms with van der Waals surface area (Å²) in [5.74, 6) is -1.82. The fourth-order valence-electron chi connectivity index (χ4n) is 2.17. The van der Waals surface area contributed by atoms with E-state index < -0.39 is 11.5 Å². The van der Waals surface area contributed by atoms with E-state index in [2.05, 4.69) is 21.0 Å². The van der Waals surface area contributed by atoms with Crippen LogP contribution in [-0.2, 0) is 6.54 Å². The van der Waals surface area contributed by atoms with Crippen molar-refractivity contribution in [2.24, 2.45) is 0 Å². The first-order valence-electron chi connectivity index (χ1n) is 6.47. The number of halogens is 1. The SMILES string of the molecule is O=C(Cn1nc(C(=O)[O-])c2ccccc2c1=O)c1ccc(Br)s1. The number of benzene rings is 1. The van der Waals surface area contributed by atoms with Gasteiger partial charge in [0.2, 0.25) is 0 Å². The van der Waals surface area contributed by atoms with Gasteiger partial charge in [-0.3, -0.25) is 9.59 Å². The molecule has 0 bridgehead atoms. The molecular formula is C15H8BrN2O4S-. The van der Waals surface area contributed by atoms with Crippen molar-refractivity contribution in [2.45, 2.75) is 6.54 Å². The summed E-state index contributed by atoms with van der Waals surface area (Å²) in [6.45, 7) is -0.336. The zero-order valence-corrected chi connectivity index (χ0v) is 13.9. The second-order valence-corrected chi connectivity index (χ2v) is 7.13. The molecule has 3 rings (SSSR count). The molecule has 6 nitrogen and oxygen atoms in total. The summed E-state index contributed by atoms with van der Waals surface area (Å²) in [7, 11) is 0. The second-order valence-electron chi connectivity index (χ2n) is 4.67. The maximum absolute atomic E-state index is 12.4. The molecule has 0 fully saturated rings. The Balaban J connectivity index is 2.11. The summed E-state index contributed by atoms with van der Waals surface area (Å²) >= 11 is 4.49. The highest BCUT2D eigenvalue weighted by Crippen LogP contribution is 2.22. The molecule has 0 aliphatic carbocycles. The Morgan fingerprint density at radius 2 is 1.87 bits per heavy atom. The van der Waals surface area contributed by atoms with E-state index >= 15 is 0 Å². The fraction of sp³-hybridized carbons (Fsp3) is 0.0667. The van der Waals surface area contributed by atoms with E-state index in [4.69, 9.17) is 0 Å². The zero-order valence-electron chi connectivity index (χ0n) is 11.5. The van der Waals surface area contributed by atoms with Crippen LogP contribution in [0.5, 0.6) is 0 Å². The fourth-order valence-corrected chi connectivity index (χ4v) is 3.49. The van der Waals surface area contributed by atoms with Crippen molar-refractivity contribution in [3.05, 3.63) is 61.1 Å². The van der Waals surface area contributed by atoms with Crippen molar-refractivity contribution in [3.63, 3.8) is 0 Å². The van der Waals surface area contributed by atoms with E-state index in [1.165, 1.54) is 23.5 Å². The van der Waals surface area contributed by atoms with E-state index in [0.29, 0.717) is 4.88 Å². The molecule has 116 valence electrons. The molecule has 3 aromatic rings. The standard InChI is InChI=1S/C15H9BrN2O4S/c16-12-6-5-11(23-12)10(19)7-18-14(20)9-4-2-1-3-8(9)13(17-18)15(21)22/h1-6H,7H2,(H,21,22)/p-1. The Kier molecular flexibility index (Phi) is 4.10. The molecule has 0 spiro atoms. The third-order valence-corrected chi connectivity index (χ3v) is 4.87. The molecule has 0 N–H and O–H groups in total. The lowest BCUT2D eigenvalue weighted by molar-refractivity contribution is -0.255. The topological polar surface area (TPSA) is 92.1 Å². The molecule has 2 aromatic heterocycles. The van der Waals surface area contributed by atoms with Gasteiger partial charge in [0.25, 0.3) is 5.56 Å². The van der Waals surface area contributed by atoms with Crippen LogP contribution in [0.2, 0.25) is 0 Å². The maximum Gasteiger partial charge on any atom is 0.275 e. The van der Waals surface area contributed by atoms with Crippen LogP contribution in [0.1, 0.15) is 20.2 Å². The third kappa shape index (κ3) is 2.95. The van der Waals surface area contributed by atoms with Gasteiger partial charge >= 0.3 is 0 Å². The number of carbonyl (C=O) groups excluding carboxylic acids is 2. The number of carboxylic acids is 1. The molecule has 23 heavy (non-hydrogen) atoms. The number of rotatable bonds is 4. The Morgan fingerprint density at radius 1 is 1.17 bits per heavy atom. The maximum atomic E-state index is 12.4. The average molecular weight is 392 g/mol. The van der Waals surface area contributed by atoms with Crippen LogP contribution in [0.15, 0.2) is 45.0 Å². The number of aromatic carboxylic acids is 1. The molecule has 2 heterocycles. The predicted molar refractivity (Wildman–Crippen MR) is 86.7 cm³/mol. The smallest absolute Gasteiger partial charge is 0.275 e. The highest BCUT2D eigenvalue weighted by atomic mass is 79.9. The number of aromatic nitrogens is 2. The average Bonchev–Trinajstić information content (AvgIpc) is 2.96. The van der Waals surface area contributed by atoms with Gasteiger partial charge < -0.3 is 9.90 Å². The zero-order chi connectivity index (χ0) is 16.6. The second kappa shape index (κ2) is 6.05. The Morgan fingerprint density at radius 3 is 2.48 bits per heavy atom. The first kappa shape index (κ1) is 15.6. The molecule has 0 aliphatic rings. The number of fused-ring (bicyclic) bond motifs is 1. The van der Waals surface area contributed by atoms with Gasteiger partial charge in [0, 0.05) is 5.39 Å². The van der Waals surface area contributed by atoms with Crippen molar-refractivity contribution in [2.75, 3.05) is 0 Å². The molecule has 0 radical (unpaired) electrons. The first-order chi connectivity index (χ1) is 11.0. The number of Topliss-reactive ketones (excluding diaryl/α,β-unsaturated/α-hetero) is 1. The van der Waals surface area contributed by atoms with Gasteiger partial charge in [-0.25, -0.2) is 4.68 Å².